The van der Waals surface area contributed by atoms with Crippen LogP contribution in [-0.4, -0.2) is 11.7 Å². The topological polar surface area (TPSA) is 0 Å². The Balaban J connectivity index is 3.54. The molecule has 0 saturated carbocycles. The van der Waals surface area contributed by atoms with Gasteiger partial charge in [0.2, 0.25) is 0 Å². The highest BCUT2D eigenvalue weighted by molar-refractivity contribution is 7.81. The van der Waals surface area contributed by atoms with Crippen LogP contribution < -0.4 is 0 Å². The van der Waals surface area contributed by atoms with Crippen LogP contribution >= 0.6 is 12.6 Å². The Labute approximate surface area is 42.9 Å². The molecule has 0 aliphatic rings. The van der Waals surface area contributed by atoms with E-state index in [1.165, 1.54) is 0 Å². The molecule has 0 unspecified atom stereocenters. The summed E-state index contributed by atoms with van der Waals surface area (Å²) in [5.41, 5.74) is 0. The van der Waals surface area contributed by atoms with E-state index in [2.05, 4.69) is 12.6 Å². The largest absolute Gasteiger partial charge is 0.350 e. The first-order valence-electron chi connectivity index (χ1n) is 1.33. The van der Waals surface area contributed by atoms with Crippen LogP contribution in [0.15, 0.2) is 0 Å². The molecule has 0 aromatic rings. The van der Waals surface area contributed by atoms with Crippen molar-refractivity contribution in [1.29, 1.82) is 0 Å². The molecule has 0 aromatic heterocycles. The van der Waals surface area contributed by atoms with E-state index < -0.39 is 11.7 Å². The zero-order chi connectivity index (χ0) is 6.08. The van der Waals surface area contributed by atoms with Gasteiger partial charge in [0.1, 0.15) is 0 Å². The molecule has 5 heteroatoms. The van der Waals surface area contributed by atoms with Crippen LogP contribution in [0.5, 0.6) is 0 Å². The average molecular weight is 134 g/mol. The van der Waals surface area contributed by atoms with Crippen molar-refractivity contribution in [3.63, 3.8) is 0 Å². The molecule has 0 aliphatic carbocycles. The molecule has 0 bridgehead atoms. The molecule has 0 heterocycles. The number of hydrogen-bond donors (Lipinski definition) is 1. The zero-order valence-electron chi connectivity index (χ0n) is 3.04. The molecule has 0 N–H and O–H groups in total. The molecule has 0 rings (SSSR count). The van der Waals surface area contributed by atoms with Gasteiger partial charge in [-0.25, -0.2) is 8.78 Å². The van der Waals surface area contributed by atoms with Gasteiger partial charge in [-0.05, 0) is 0 Å². The summed E-state index contributed by atoms with van der Waals surface area (Å²) >= 11 is 2.27. The summed E-state index contributed by atoms with van der Waals surface area (Å²) in [7, 11) is 0. The fourth-order valence-electron chi connectivity index (χ4n) is 0. The highest BCUT2D eigenvalue weighted by Crippen LogP contribution is 2.25. The van der Waals surface area contributed by atoms with Crippen molar-refractivity contribution in [2.24, 2.45) is 0 Å². The predicted octanol–water partition coefficient (Wildman–Crippen LogP) is 1.77. The second-order valence-electron chi connectivity index (χ2n) is 0.888. The van der Waals surface area contributed by atoms with Gasteiger partial charge in [0.15, 0.2) is 0 Å². The Bertz CT molecular complexity index is 55.2. The molecule has 0 aliphatic heterocycles. The Kier molecular flexibility index (Phi) is 1.92. The third kappa shape index (κ3) is 2.73. The van der Waals surface area contributed by atoms with Gasteiger partial charge in [-0.15, -0.1) is 0 Å². The highest BCUT2D eigenvalue weighted by Gasteiger charge is 2.35. The van der Waals surface area contributed by atoms with Crippen molar-refractivity contribution in [2.45, 2.75) is 11.7 Å². The Hall–Kier alpha value is 0.0700. The second kappa shape index (κ2) is 1.90. The first kappa shape index (κ1) is 7.07. The van der Waals surface area contributed by atoms with Crippen molar-refractivity contribution in [2.75, 3.05) is 0 Å². The summed E-state index contributed by atoms with van der Waals surface area (Å²) in [6.07, 6.45) is -3.67. The molecule has 0 fully saturated rings. The normalized spacial score (nSPS) is 12.9. The SMILES string of the molecule is FC(F)C(F)(F)S. The summed E-state index contributed by atoms with van der Waals surface area (Å²) in [6.45, 7) is 0. The van der Waals surface area contributed by atoms with E-state index >= 15 is 0 Å². The smallest absolute Gasteiger partial charge is 0.202 e. The highest BCUT2D eigenvalue weighted by atomic mass is 32.1. The van der Waals surface area contributed by atoms with Crippen molar-refractivity contribution in [3.05, 3.63) is 0 Å². The van der Waals surface area contributed by atoms with E-state index in [0.29, 0.717) is 0 Å². The fourth-order valence-corrected chi connectivity index (χ4v) is 0. The van der Waals surface area contributed by atoms with Crippen molar-refractivity contribution >= 4 is 12.6 Å². The molecular formula is C2H2F4S. The van der Waals surface area contributed by atoms with Crippen LogP contribution in [-0.2, 0) is 0 Å². The molecule has 0 radical (unpaired) electrons. The monoisotopic (exact) mass is 134 g/mol. The number of hydrogen-bond acceptors (Lipinski definition) is 1. The van der Waals surface area contributed by atoms with Gasteiger partial charge in [0, 0.05) is 0 Å². The van der Waals surface area contributed by atoms with Gasteiger partial charge in [0.25, 0.3) is 0 Å². The van der Waals surface area contributed by atoms with Gasteiger partial charge in [-0.3, -0.25) is 0 Å². The quantitative estimate of drug-likeness (QED) is 0.410. The summed E-state index contributed by atoms with van der Waals surface area (Å²) in [6, 6.07) is 0. The van der Waals surface area contributed by atoms with Gasteiger partial charge in [-0.1, -0.05) is 12.6 Å². The van der Waals surface area contributed by atoms with E-state index in [1.54, 1.807) is 0 Å². The summed E-state index contributed by atoms with van der Waals surface area (Å²) < 4.78 is 43.3. The van der Waals surface area contributed by atoms with E-state index in [1.807, 2.05) is 0 Å². The number of halogens is 4. The lowest BCUT2D eigenvalue weighted by Gasteiger charge is -2.04. The molecule has 7 heavy (non-hydrogen) atoms. The van der Waals surface area contributed by atoms with E-state index in [4.69, 9.17) is 0 Å². The van der Waals surface area contributed by atoms with E-state index in [0.717, 1.165) is 0 Å². The third-order valence-electron chi connectivity index (χ3n) is 0.263. The maximum atomic E-state index is 11.0. The molecule has 0 saturated heterocycles. The standard InChI is InChI=1S/C2H2F4S/c3-1(4)2(5,6)7/h1,7H. The second-order valence-corrected chi connectivity index (χ2v) is 1.48. The molecule has 0 nitrogen and oxygen atoms in total. The molecular weight excluding hydrogens is 132 g/mol. The summed E-state index contributed by atoms with van der Waals surface area (Å²) in [4.78, 5) is 0. The summed E-state index contributed by atoms with van der Waals surface area (Å²) in [5.74, 6) is 0. The zero-order valence-corrected chi connectivity index (χ0v) is 3.93. The van der Waals surface area contributed by atoms with Crippen molar-refractivity contribution < 1.29 is 17.6 Å². The molecule has 44 valence electrons. The van der Waals surface area contributed by atoms with Gasteiger partial charge in [-0.2, -0.15) is 8.78 Å². The Morgan fingerprint density at radius 1 is 1.29 bits per heavy atom. The van der Waals surface area contributed by atoms with E-state index in [9.17, 15) is 17.6 Å². The van der Waals surface area contributed by atoms with Crippen LogP contribution in [0.1, 0.15) is 0 Å². The number of rotatable bonds is 1. The Morgan fingerprint density at radius 3 is 1.43 bits per heavy atom. The molecule has 0 atom stereocenters. The van der Waals surface area contributed by atoms with Gasteiger partial charge < -0.3 is 0 Å². The van der Waals surface area contributed by atoms with Crippen molar-refractivity contribution in [3.8, 4) is 0 Å². The minimum atomic E-state index is -4.14. The van der Waals surface area contributed by atoms with Gasteiger partial charge >= 0.3 is 11.7 Å². The third-order valence-corrected chi connectivity index (χ3v) is 0.458. The maximum Gasteiger partial charge on any atom is 0.350 e. The van der Waals surface area contributed by atoms with Crippen LogP contribution in [0.3, 0.4) is 0 Å². The average Bonchev–Trinajstić information content (AvgIpc) is 1.31. The predicted molar refractivity (Wildman–Crippen MR) is 19.9 cm³/mol. The lowest BCUT2D eigenvalue weighted by molar-refractivity contribution is -0.0546. The summed E-state index contributed by atoms with van der Waals surface area (Å²) in [5, 5.41) is -4.14. The fraction of sp³-hybridized carbons (Fsp3) is 1.00. The molecule has 0 spiro atoms. The lowest BCUT2D eigenvalue weighted by Crippen LogP contribution is -2.17. The van der Waals surface area contributed by atoms with Gasteiger partial charge in [0.05, 0.1) is 0 Å². The molecule has 0 amide bonds. The van der Waals surface area contributed by atoms with Crippen LogP contribution in [0, 0.1) is 0 Å². The van der Waals surface area contributed by atoms with Crippen molar-refractivity contribution in [1.82, 2.24) is 0 Å². The Morgan fingerprint density at radius 2 is 1.43 bits per heavy atom. The number of thiol groups is 1. The van der Waals surface area contributed by atoms with Crippen LogP contribution in [0.4, 0.5) is 17.6 Å². The van der Waals surface area contributed by atoms with Crippen LogP contribution in [0.2, 0.25) is 0 Å². The maximum absolute atomic E-state index is 11.0. The minimum Gasteiger partial charge on any atom is -0.202 e. The lowest BCUT2D eigenvalue weighted by atomic mass is 10.7. The first-order valence-corrected chi connectivity index (χ1v) is 1.77. The van der Waals surface area contributed by atoms with E-state index in [-0.39, 0.29) is 0 Å². The minimum absolute atomic E-state index is 2.27. The first-order chi connectivity index (χ1) is 2.94. The molecule has 0 aromatic carbocycles. The number of alkyl halides is 4. The van der Waals surface area contributed by atoms with Crippen LogP contribution in [0.25, 0.3) is 0 Å².